The van der Waals surface area contributed by atoms with Crippen molar-refractivity contribution in [3.8, 4) is 11.4 Å². The predicted molar refractivity (Wildman–Crippen MR) is 111 cm³/mol. The van der Waals surface area contributed by atoms with Crippen LogP contribution < -0.4 is 4.74 Å². The first-order chi connectivity index (χ1) is 13.5. The summed E-state index contributed by atoms with van der Waals surface area (Å²) in [5.74, 6) is 2.30. The van der Waals surface area contributed by atoms with Crippen LogP contribution in [0.1, 0.15) is 24.4 Å². The van der Waals surface area contributed by atoms with E-state index in [1.54, 1.807) is 31.0 Å². The number of aryl methyl sites for hydroxylation is 1. The van der Waals surface area contributed by atoms with Crippen molar-refractivity contribution in [2.24, 2.45) is 0 Å². The molecule has 1 atom stereocenters. The smallest absolute Gasteiger partial charge is 0.195 e. The van der Waals surface area contributed by atoms with E-state index in [2.05, 4.69) is 34.2 Å². The molecule has 0 bridgehead atoms. The second kappa shape index (κ2) is 9.21. The second-order valence-corrected chi connectivity index (χ2v) is 7.80. The van der Waals surface area contributed by atoms with Crippen molar-refractivity contribution in [2.75, 3.05) is 27.0 Å². The molecule has 0 saturated heterocycles. The van der Waals surface area contributed by atoms with Crippen molar-refractivity contribution in [2.45, 2.75) is 24.5 Å². The van der Waals surface area contributed by atoms with Crippen molar-refractivity contribution in [3.63, 3.8) is 0 Å². The summed E-state index contributed by atoms with van der Waals surface area (Å²) in [6.07, 6.45) is 0.906. The maximum absolute atomic E-state index is 13.4. The lowest BCUT2D eigenvalue weighted by atomic mass is 10.2. The molecule has 0 fully saturated rings. The minimum Gasteiger partial charge on any atom is -0.497 e. The number of hydrogen-bond acceptors (Lipinski definition) is 5. The van der Waals surface area contributed by atoms with Gasteiger partial charge in [-0.1, -0.05) is 23.9 Å². The van der Waals surface area contributed by atoms with Gasteiger partial charge >= 0.3 is 0 Å². The molecule has 5 nitrogen and oxygen atoms in total. The SMILES string of the molecule is COc1ccc(CCSc2nnc([C@@H](C)N(C)C)n2-c2ccc(F)cc2)cc1. The highest BCUT2D eigenvalue weighted by atomic mass is 32.2. The van der Waals surface area contributed by atoms with Crippen LogP contribution in [-0.4, -0.2) is 46.6 Å². The molecule has 0 spiro atoms. The first kappa shape index (κ1) is 20.4. The Morgan fingerprint density at radius 3 is 2.36 bits per heavy atom. The summed E-state index contributed by atoms with van der Waals surface area (Å²) in [4.78, 5) is 2.08. The first-order valence-electron chi connectivity index (χ1n) is 9.13. The van der Waals surface area contributed by atoms with E-state index in [1.165, 1.54) is 17.7 Å². The Labute approximate surface area is 169 Å². The van der Waals surface area contributed by atoms with E-state index >= 15 is 0 Å². The van der Waals surface area contributed by atoms with E-state index in [1.807, 2.05) is 30.8 Å². The van der Waals surface area contributed by atoms with Gasteiger partial charge in [0.2, 0.25) is 0 Å². The average Bonchev–Trinajstić information content (AvgIpc) is 3.12. The van der Waals surface area contributed by atoms with Gasteiger partial charge in [-0.3, -0.25) is 9.47 Å². The molecule has 0 radical (unpaired) electrons. The van der Waals surface area contributed by atoms with E-state index in [-0.39, 0.29) is 11.9 Å². The number of methoxy groups -OCH3 is 1. The third kappa shape index (κ3) is 4.72. The van der Waals surface area contributed by atoms with Crippen LogP contribution in [0.3, 0.4) is 0 Å². The predicted octanol–water partition coefficient (Wildman–Crippen LogP) is 4.37. The minimum absolute atomic E-state index is 0.0773. The van der Waals surface area contributed by atoms with Crippen molar-refractivity contribution in [1.82, 2.24) is 19.7 Å². The standard InChI is InChI=1S/C21H25FN4OS/c1-15(25(2)3)20-23-24-21(26(20)18-9-7-17(22)8-10-18)28-14-13-16-5-11-19(27-4)12-6-16/h5-12,15H,13-14H2,1-4H3/t15-/m1/s1. The Balaban J connectivity index is 1.80. The molecule has 0 amide bonds. The van der Waals surface area contributed by atoms with E-state index in [9.17, 15) is 4.39 Å². The van der Waals surface area contributed by atoms with Crippen LogP contribution in [0.2, 0.25) is 0 Å². The van der Waals surface area contributed by atoms with Gasteiger partial charge in [0, 0.05) is 11.4 Å². The zero-order valence-electron chi connectivity index (χ0n) is 16.6. The zero-order valence-corrected chi connectivity index (χ0v) is 17.4. The van der Waals surface area contributed by atoms with E-state index < -0.39 is 0 Å². The molecule has 7 heteroatoms. The molecule has 0 N–H and O–H groups in total. The van der Waals surface area contributed by atoms with Crippen LogP contribution in [-0.2, 0) is 6.42 Å². The van der Waals surface area contributed by atoms with Crippen molar-refractivity contribution < 1.29 is 9.13 Å². The number of nitrogens with zero attached hydrogens (tertiary/aromatic N) is 4. The number of hydrogen-bond donors (Lipinski definition) is 0. The molecule has 0 aliphatic rings. The molecular weight excluding hydrogens is 375 g/mol. The molecule has 0 saturated carbocycles. The third-order valence-corrected chi connectivity index (χ3v) is 5.60. The number of benzene rings is 2. The molecule has 148 valence electrons. The highest BCUT2D eigenvalue weighted by Gasteiger charge is 2.20. The topological polar surface area (TPSA) is 43.2 Å². The molecule has 0 aliphatic carbocycles. The Hall–Kier alpha value is -2.38. The molecule has 0 aliphatic heterocycles. The van der Waals surface area contributed by atoms with Crippen LogP contribution in [0.25, 0.3) is 5.69 Å². The summed E-state index contributed by atoms with van der Waals surface area (Å²) in [7, 11) is 5.68. The van der Waals surface area contributed by atoms with Crippen molar-refractivity contribution in [1.29, 1.82) is 0 Å². The van der Waals surface area contributed by atoms with Gasteiger partial charge in [0.1, 0.15) is 11.6 Å². The lowest BCUT2D eigenvalue weighted by molar-refractivity contribution is 0.305. The van der Waals surface area contributed by atoms with Gasteiger partial charge in [-0.05, 0) is 69.4 Å². The van der Waals surface area contributed by atoms with Crippen LogP contribution in [0.15, 0.2) is 53.7 Å². The molecular formula is C21H25FN4OS. The summed E-state index contributed by atoms with van der Waals surface area (Å²) < 4.78 is 20.6. The van der Waals surface area contributed by atoms with Gasteiger partial charge in [0.15, 0.2) is 11.0 Å². The maximum Gasteiger partial charge on any atom is 0.195 e. The summed E-state index contributed by atoms with van der Waals surface area (Å²) in [5, 5.41) is 9.65. The zero-order chi connectivity index (χ0) is 20.1. The largest absolute Gasteiger partial charge is 0.497 e. The number of rotatable bonds is 8. The van der Waals surface area contributed by atoms with Gasteiger partial charge in [0.25, 0.3) is 0 Å². The van der Waals surface area contributed by atoms with E-state index in [0.717, 1.165) is 34.6 Å². The summed E-state index contributed by atoms with van der Waals surface area (Å²) >= 11 is 1.65. The Morgan fingerprint density at radius 1 is 1.07 bits per heavy atom. The maximum atomic E-state index is 13.4. The Bertz CT molecular complexity index is 894. The van der Waals surface area contributed by atoms with Crippen LogP contribution in [0.4, 0.5) is 4.39 Å². The molecule has 1 aromatic heterocycles. The molecule has 28 heavy (non-hydrogen) atoms. The van der Waals surface area contributed by atoms with Crippen LogP contribution in [0, 0.1) is 5.82 Å². The van der Waals surface area contributed by atoms with Crippen molar-refractivity contribution >= 4 is 11.8 Å². The fourth-order valence-corrected chi connectivity index (χ4v) is 3.71. The van der Waals surface area contributed by atoms with Gasteiger partial charge in [0.05, 0.1) is 13.2 Å². The lowest BCUT2D eigenvalue weighted by Crippen LogP contribution is -2.20. The molecule has 3 rings (SSSR count). The highest BCUT2D eigenvalue weighted by Crippen LogP contribution is 2.27. The fourth-order valence-electron chi connectivity index (χ4n) is 2.76. The Morgan fingerprint density at radius 2 is 1.75 bits per heavy atom. The molecule has 2 aromatic carbocycles. The van der Waals surface area contributed by atoms with Crippen LogP contribution >= 0.6 is 11.8 Å². The number of thioether (sulfide) groups is 1. The Kier molecular flexibility index (Phi) is 6.70. The second-order valence-electron chi connectivity index (χ2n) is 6.74. The first-order valence-corrected chi connectivity index (χ1v) is 10.1. The molecule has 3 aromatic rings. The monoisotopic (exact) mass is 400 g/mol. The summed E-state index contributed by atoms with van der Waals surface area (Å²) in [6, 6.07) is 14.6. The number of ether oxygens (including phenoxy) is 1. The fraction of sp³-hybridized carbons (Fsp3) is 0.333. The lowest BCUT2D eigenvalue weighted by Gasteiger charge is -2.20. The highest BCUT2D eigenvalue weighted by molar-refractivity contribution is 7.99. The average molecular weight is 401 g/mol. The number of halogens is 1. The van der Waals surface area contributed by atoms with E-state index in [0.29, 0.717) is 0 Å². The molecule has 1 heterocycles. The van der Waals surface area contributed by atoms with Gasteiger partial charge in [-0.2, -0.15) is 0 Å². The minimum atomic E-state index is -0.257. The third-order valence-electron chi connectivity index (χ3n) is 4.67. The summed E-state index contributed by atoms with van der Waals surface area (Å²) in [5.41, 5.74) is 2.10. The van der Waals surface area contributed by atoms with Gasteiger partial charge < -0.3 is 4.74 Å². The van der Waals surface area contributed by atoms with Crippen LogP contribution in [0.5, 0.6) is 5.75 Å². The normalized spacial score (nSPS) is 12.4. The van der Waals surface area contributed by atoms with Crippen molar-refractivity contribution in [3.05, 3.63) is 65.7 Å². The molecule has 0 unspecified atom stereocenters. The van der Waals surface area contributed by atoms with Gasteiger partial charge in [-0.25, -0.2) is 4.39 Å². The van der Waals surface area contributed by atoms with Gasteiger partial charge in [-0.15, -0.1) is 10.2 Å². The number of aromatic nitrogens is 3. The van der Waals surface area contributed by atoms with E-state index in [4.69, 9.17) is 4.74 Å². The summed E-state index contributed by atoms with van der Waals surface area (Å²) in [6.45, 7) is 2.08. The quantitative estimate of drug-likeness (QED) is 0.525.